The molecule has 0 spiro atoms. The highest BCUT2D eigenvalue weighted by Gasteiger charge is 2.51. The number of hydrogen-bond acceptors (Lipinski definition) is 4. The van der Waals surface area contributed by atoms with Crippen LogP contribution in [-0.2, 0) is 15.1 Å². The normalized spacial score (nSPS) is 22.6. The standard InChI is InChI=1S/C15H21N3O4/c1-4-6-10(2)16-12(19)9-18-13(20)15(3,17-14(18)21)11-7-5-8-22-11/h5,7-8,10H,4,6,9H2,1-3H3,(H,16,19)(H,17,21)/t10-,15-/m1/s1. The summed E-state index contributed by atoms with van der Waals surface area (Å²) in [6, 6.07) is 2.67. The third kappa shape index (κ3) is 2.98. The van der Waals surface area contributed by atoms with E-state index in [-0.39, 0.29) is 18.5 Å². The minimum atomic E-state index is -1.27. The first-order valence-corrected chi connectivity index (χ1v) is 7.36. The molecule has 0 radical (unpaired) electrons. The summed E-state index contributed by atoms with van der Waals surface area (Å²) in [4.78, 5) is 37.4. The predicted octanol–water partition coefficient (Wildman–Crippen LogP) is 1.35. The van der Waals surface area contributed by atoms with Gasteiger partial charge in [0.1, 0.15) is 12.3 Å². The van der Waals surface area contributed by atoms with Gasteiger partial charge in [0.05, 0.1) is 6.26 Å². The molecule has 7 nitrogen and oxygen atoms in total. The van der Waals surface area contributed by atoms with Gasteiger partial charge in [0.2, 0.25) is 5.91 Å². The summed E-state index contributed by atoms with van der Waals surface area (Å²) in [5.41, 5.74) is -1.27. The minimum absolute atomic E-state index is 0.00900. The second kappa shape index (κ2) is 6.21. The molecule has 4 amide bonds. The van der Waals surface area contributed by atoms with E-state index in [0.29, 0.717) is 5.76 Å². The first kappa shape index (κ1) is 16.1. The van der Waals surface area contributed by atoms with E-state index in [1.165, 1.54) is 6.26 Å². The molecule has 1 aliphatic heterocycles. The van der Waals surface area contributed by atoms with Crippen molar-refractivity contribution in [1.82, 2.24) is 15.5 Å². The van der Waals surface area contributed by atoms with Crippen LogP contribution in [0.15, 0.2) is 22.8 Å². The van der Waals surface area contributed by atoms with Crippen molar-refractivity contribution in [2.75, 3.05) is 6.54 Å². The van der Waals surface area contributed by atoms with Crippen LogP contribution in [0.25, 0.3) is 0 Å². The van der Waals surface area contributed by atoms with Crippen LogP contribution in [0.5, 0.6) is 0 Å². The van der Waals surface area contributed by atoms with Crippen LogP contribution in [0, 0.1) is 0 Å². The number of urea groups is 1. The Morgan fingerprint density at radius 1 is 1.50 bits per heavy atom. The van der Waals surface area contributed by atoms with Crippen molar-refractivity contribution >= 4 is 17.8 Å². The van der Waals surface area contributed by atoms with Crippen LogP contribution in [0.4, 0.5) is 4.79 Å². The minimum Gasteiger partial charge on any atom is -0.466 e. The Morgan fingerprint density at radius 3 is 2.82 bits per heavy atom. The molecule has 1 aromatic rings. The molecule has 1 aromatic heterocycles. The van der Waals surface area contributed by atoms with Gasteiger partial charge in [0.25, 0.3) is 5.91 Å². The molecule has 1 aliphatic rings. The fraction of sp³-hybridized carbons (Fsp3) is 0.533. The number of nitrogens with one attached hydrogen (secondary N) is 2. The van der Waals surface area contributed by atoms with Crippen molar-refractivity contribution in [3.63, 3.8) is 0 Å². The quantitative estimate of drug-likeness (QED) is 0.776. The number of carbonyl (C=O) groups excluding carboxylic acids is 3. The van der Waals surface area contributed by atoms with Crippen molar-refractivity contribution < 1.29 is 18.8 Å². The highest BCUT2D eigenvalue weighted by atomic mass is 16.3. The van der Waals surface area contributed by atoms with Gasteiger partial charge in [-0.05, 0) is 32.4 Å². The average Bonchev–Trinajstić information content (AvgIpc) is 3.04. The fourth-order valence-electron chi connectivity index (χ4n) is 2.54. The SMILES string of the molecule is CCC[C@@H](C)NC(=O)CN1C(=O)N[C@](C)(c2ccco2)C1=O. The Labute approximate surface area is 129 Å². The summed E-state index contributed by atoms with van der Waals surface area (Å²) in [5, 5.41) is 5.35. The van der Waals surface area contributed by atoms with E-state index in [1.54, 1.807) is 19.1 Å². The summed E-state index contributed by atoms with van der Waals surface area (Å²) >= 11 is 0. The molecule has 0 aromatic carbocycles. The van der Waals surface area contributed by atoms with Crippen LogP contribution < -0.4 is 10.6 Å². The van der Waals surface area contributed by atoms with E-state index in [1.807, 2.05) is 13.8 Å². The summed E-state index contributed by atoms with van der Waals surface area (Å²) in [7, 11) is 0. The van der Waals surface area contributed by atoms with Gasteiger partial charge >= 0.3 is 6.03 Å². The number of rotatable bonds is 6. The lowest BCUT2D eigenvalue weighted by atomic mass is 9.99. The van der Waals surface area contributed by atoms with Gasteiger partial charge in [-0.25, -0.2) is 4.79 Å². The summed E-state index contributed by atoms with van der Waals surface area (Å²) < 4.78 is 5.23. The first-order valence-electron chi connectivity index (χ1n) is 7.36. The van der Waals surface area contributed by atoms with Crippen molar-refractivity contribution in [3.05, 3.63) is 24.2 Å². The predicted molar refractivity (Wildman–Crippen MR) is 78.8 cm³/mol. The van der Waals surface area contributed by atoms with Crippen molar-refractivity contribution in [1.29, 1.82) is 0 Å². The number of hydrogen-bond donors (Lipinski definition) is 2. The monoisotopic (exact) mass is 307 g/mol. The number of carbonyl (C=O) groups is 3. The number of amides is 4. The highest BCUT2D eigenvalue weighted by Crippen LogP contribution is 2.28. The van der Waals surface area contributed by atoms with Crippen LogP contribution in [-0.4, -0.2) is 35.3 Å². The molecule has 0 saturated carbocycles. The molecule has 0 unspecified atom stereocenters. The summed E-state index contributed by atoms with van der Waals surface area (Å²) in [5.74, 6) is -0.507. The first-order chi connectivity index (χ1) is 10.4. The highest BCUT2D eigenvalue weighted by molar-refractivity contribution is 6.08. The van der Waals surface area contributed by atoms with E-state index < -0.39 is 17.5 Å². The molecule has 120 valence electrons. The molecule has 2 atom stereocenters. The van der Waals surface area contributed by atoms with E-state index in [4.69, 9.17) is 4.42 Å². The Kier molecular flexibility index (Phi) is 4.54. The molecular formula is C15H21N3O4. The maximum Gasteiger partial charge on any atom is 0.325 e. The van der Waals surface area contributed by atoms with Gasteiger partial charge in [0, 0.05) is 6.04 Å². The molecule has 0 aliphatic carbocycles. The lowest BCUT2D eigenvalue weighted by molar-refractivity contribution is -0.135. The van der Waals surface area contributed by atoms with Gasteiger partial charge in [-0.3, -0.25) is 14.5 Å². The van der Waals surface area contributed by atoms with Gasteiger partial charge < -0.3 is 15.1 Å². The second-order valence-corrected chi connectivity index (χ2v) is 5.68. The zero-order valence-corrected chi connectivity index (χ0v) is 13.0. The van der Waals surface area contributed by atoms with Crippen LogP contribution in [0.3, 0.4) is 0 Å². The van der Waals surface area contributed by atoms with Crippen molar-refractivity contribution in [3.8, 4) is 0 Å². The molecule has 22 heavy (non-hydrogen) atoms. The maximum absolute atomic E-state index is 12.5. The molecule has 2 heterocycles. The molecule has 2 rings (SSSR count). The Balaban J connectivity index is 2.05. The molecule has 1 saturated heterocycles. The Bertz CT molecular complexity index is 569. The molecule has 2 N–H and O–H groups in total. The fourth-order valence-corrected chi connectivity index (χ4v) is 2.54. The average molecular weight is 307 g/mol. The van der Waals surface area contributed by atoms with Crippen molar-refractivity contribution in [2.45, 2.75) is 45.2 Å². The van der Waals surface area contributed by atoms with Crippen LogP contribution >= 0.6 is 0 Å². The summed E-state index contributed by atoms with van der Waals surface area (Å²) in [6.07, 6.45) is 3.22. The van der Waals surface area contributed by atoms with Crippen LogP contribution in [0.2, 0.25) is 0 Å². The Hall–Kier alpha value is -2.31. The van der Waals surface area contributed by atoms with Gasteiger partial charge in [-0.1, -0.05) is 13.3 Å². The van der Waals surface area contributed by atoms with Crippen LogP contribution in [0.1, 0.15) is 39.4 Å². The van der Waals surface area contributed by atoms with E-state index in [2.05, 4.69) is 10.6 Å². The van der Waals surface area contributed by atoms with Gasteiger partial charge in [-0.15, -0.1) is 0 Å². The smallest absolute Gasteiger partial charge is 0.325 e. The topological polar surface area (TPSA) is 91.7 Å². The second-order valence-electron chi connectivity index (χ2n) is 5.68. The van der Waals surface area contributed by atoms with E-state index in [0.717, 1.165) is 17.7 Å². The zero-order chi connectivity index (χ0) is 16.3. The molecular weight excluding hydrogens is 286 g/mol. The lowest BCUT2D eigenvalue weighted by Crippen LogP contribution is -2.44. The number of furan rings is 1. The van der Waals surface area contributed by atoms with Crippen molar-refractivity contribution in [2.24, 2.45) is 0 Å². The maximum atomic E-state index is 12.5. The van der Waals surface area contributed by atoms with Gasteiger partial charge in [0.15, 0.2) is 5.54 Å². The molecule has 1 fully saturated rings. The molecule has 7 heteroatoms. The number of nitrogens with zero attached hydrogens (tertiary/aromatic N) is 1. The molecule has 0 bridgehead atoms. The third-order valence-corrected chi connectivity index (χ3v) is 3.72. The number of imide groups is 1. The largest absolute Gasteiger partial charge is 0.466 e. The summed E-state index contributed by atoms with van der Waals surface area (Å²) in [6.45, 7) is 5.17. The van der Waals surface area contributed by atoms with Gasteiger partial charge in [-0.2, -0.15) is 0 Å². The zero-order valence-electron chi connectivity index (χ0n) is 13.0. The van der Waals surface area contributed by atoms with E-state index >= 15 is 0 Å². The Morgan fingerprint density at radius 2 is 2.23 bits per heavy atom. The lowest BCUT2D eigenvalue weighted by Gasteiger charge is -2.19. The van der Waals surface area contributed by atoms with E-state index in [9.17, 15) is 14.4 Å². The third-order valence-electron chi connectivity index (χ3n) is 3.72.